The topological polar surface area (TPSA) is 45.7 Å². The van der Waals surface area contributed by atoms with Crippen molar-refractivity contribution in [3.05, 3.63) is 0 Å². The summed E-state index contributed by atoms with van der Waals surface area (Å²) in [6, 6.07) is 0.00854. The molecule has 0 saturated carbocycles. The Morgan fingerprint density at radius 3 is 2.18 bits per heavy atom. The Kier molecular flexibility index (Phi) is 3.52. The number of carbonyl (C=O) groups excluding carboxylic acids is 1. The maximum absolute atomic E-state index is 11.2. The molecular formula is C8H19N2O+. The van der Waals surface area contributed by atoms with Crippen molar-refractivity contribution in [1.82, 2.24) is 5.32 Å². The summed E-state index contributed by atoms with van der Waals surface area (Å²) in [4.78, 5) is 11.2. The highest BCUT2D eigenvalue weighted by Crippen LogP contribution is 1.97. The van der Waals surface area contributed by atoms with Gasteiger partial charge in [0.15, 0.2) is 6.04 Å². The van der Waals surface area contributed by atoms with Crippen molar-refractivity contribution in [3.8, 4) is 0 Å². The van der Waals surface area contributed by atoms with Gasteiger partial charge in [0.25, 0.3) is 5.91 Å². The summed E-state index contributed by atoms with van der Waals surface area (Å²) in [6.45, 7) is 7.83. The summed E-state index contributed by atoms with van der Waals surface area (Å²) in [5.41, 5.74) is -0.117. The van der Waals surface area contributed by atoms with Gasteiger partial charge in [0.2, 0.25) is 0 Å². The highest BCUT2D eigenvalue weighted by molar-refractivity contribution is 5.80. The van der Waals surface area contributed by atoms with E-state index < -0.39 is 0 Å². The third kappa shape index (κ3) is 4.79. The first-order valence-electron chi connectivity index (χ1n) is 3.98. The number of carbonyl (C=O) groups is 1. The first-order chi connectivity index (χ1) is 4.87. The summed E-state index contributed by atoms with van der Waals surface area (Å²) < 4.78 is 0. The van der Waals surface area contributed by atoms with Crippen LogP contribution in [0.15, 0.2) is 0 Å². The Hall–Kier alpha value is -0.570. The van der Waals surface area contributed by atoms with Crippen LogP contribution >= 0.6 is 0 Å². The smallest absolute Gasteiger partial charge is 0.278 e. The van der Waals surface area contributed by atoms with E-state index in [4.69, 9.17) is 0 Å². The van der Waals surface area contributed by atoms with Gasteiger partial charge in [-0.3, -0.25) is 4.79 Å². The highest BCUT2D eigenvalue weighted by atomic mass is 16.2. The summed E-state index contributed by atoms with van der Waals surface area (Å²) >= 11 is 0. The number of amides is 1. The number of hydrogen-bond donors (Lipinski definition) is 2. The lowest BCUT2D eigenvalue weighted by Gasteiger charge is -2.21. The minimum Gasteiger partial charge on any atom is -0.346 e. The van der Waals surface area contributed by atoms with Crippen LogP contribution < -0.4 is 10.6 Å². The molecule has 0 aromatic carbocycles. The lowest BCUT2D eigenvalue weighted by atomic mass is 10.1. The fraction of sp³-hybridized carbons (Fsp3) is 0.875. The van der Waals surface area contributed by atoms with Gasteiger partial charge in [-0.2, -0.15) is 0 Å². The van der Waals surface area contributed by atoms with Gasteiger partial charge in [-0.15, -0.1) is 0 Å². The molecule has 66 valence electrons. The molecule has 0 aromatic rings. The molecule has 1 amide bonds. The average molecular weight is 159 g/mol. The van der Waals surface area contributed by atoms with Gasteiger partial charge in [-0.25, -0.2) is 0 Å². The first-order valence-corrected chi connectivity index (χ1v) is 3.98. The quantitative estimate of drug-likeness (QED) is 0.559. The Balaban J connectivity index is 3.88. The summed E-state index contributed by atoms with van der Waals surface area (Å²) in [5, 5.41) is 4.79. The van der Waals surface area contributed by atoms with Crippen molar-refractivity contribution in [2.45, 2.75) is 39.3 Å². The number of quaternary nitrogens is 1. The highest BCUT2D eigenvalue weighted by Gasteiger charge is 2.19. The molecule has 1 atom stereocenters. The molecule has 0 bridgehead atoms. The molecular weight excluding hydrogens is 140 g/mol. The van der Waals surface area contributed by atoms with Crippen LogP contribution in [0.1, 0.15) is 27.7 Å². The second kappa shape index (κ2) is 3.72. The fourth-order valence-corrected chi connectivity index (χ4v) is 0.635. The summed E-state index contributed by atoms with van der Waals surface area (Å²) in [7, 11) is 1.90. The van der Waals surface area contributed by atoms with Crippen LogP contribution in [0.5, 0.6) is 0 Å². The maximum atomic E-state index is 11.2. The molecule has 0 unspecified atom stereocenters. The number of hydrogen-bond acceptors (Lipinski definition) is 1. The van der Waals surface area contributed by atoms with E-state index in [0.29, 0.717) is 0 Å². The largest absolute Gasteiger partial charge is 0.346 e. The Labute approximate surface area is 68.6 Å². The third-order valence-corrected chi connectivity index (χ3v) is 1.41. The Morgan fingerprint density at radius 1 is 1.45 bits per heavy atom. The third-order valence-electron chi connectivity index (χ3n) is 1.41. The molecule has 0 aliphatic heterocycles. The molecule has 0 aliphatic rings. The van der Waals surface area contributed by atoms with Crippen LogP contribution in [-0.2, 0) is 4.79 Å². The van der Waals surface area contributed by atoms with Crippen molar-refractivity contribution >= 4 is 5.91 Å². The predicted octanol–water partition coefficient (Wildman–Crippen LogP) is -0.517. The van der Waals surface area contributed by atoms with E-state index in [2.05, 4.69) is 5.32 Å². The van der Waals surface area contributed by atoms with Gasteiger partial charge in [-0.1, -0.05) is 0 Å². The summed E-state index contributed by atoms with van der Waals surface area (Å²) in [6.07, 6.45) is 0. The lowest BCUT2D eigenvalue weighted by molar-refractivity contribution is -0.646. The zero-order chi connectivity index (χ0) is 9.07. The molecule has 0 aliphatic carbocycles. The van der Waals surface area contributed by atoms with Gasteiger partial charge in [-0.05, 0) is 27.7 Å². The molecule has 0 spiro atoms. The molecule has 0 radical (unpaired) electrons. The molecule has 0 fully saturated rings. The van der Waals surface area contributed by atoms with Gasteiger partial charge in [0.05, 0.1) is 7.05 Å². The molecule has 3 nitrogen and oxygen atoms in total. The minimum atomic E-state index is -0.117. The number of likely N-dealkylation sites (N-methyl/N-ethyl adjacent to an activating group) is 1. The van der Waals surface area contributed by atoms with E-state index in [-0.39, 0.29) is 17.5 Å². The standard InChI is InChI=1S/C8H18N2O/c1-6(9-5)7(11)10-8(2,3)4/h6,9H,1-5H3,(H,10,11)/p+1/t6-/m1/s1. The van der Waals surface area contributed by atoms with E-state index in [1.165, 1.54) is 0 Å². The monoisotopic (exact) mass is 159 g/mol. The fourth-order valence-electron chi connectivity index (χ4n) is 0.635. The van der Waals surface area contributed by atoms with Crippen LogP contribution in [-0.4, -0.2) is 24.5 Å². The number of rotatable bonds is 2. The van der Waals surface area contributed by atoms with Crippen molar-refractivity contribution in [3.63, 3.8) is 0 Å². The van der Waals surface area contributed by atoms with E-state index in [9.17, 15) is 4.79 Å². The Morgan fingerprint density at radius 2 is 1.91 bits per heavy atom. The van der Waals surface area contributed by atoms with Gasteiger partial charge >= 0.3 is 0 Å². The van der Waals surface area contributed by atoms with Crippen LogP contribution in [0.2, 0.25) is 0 Å². The van der Waals surface area contributed by atoms with E-state index in [1.54, 1.807) is 0 Å². The SMILES string of the molecule is C[NH2+][C@H](C)C(=O)NC(C)(C)C. The van der Waals surface area contributed by atoms with Crippen LogP contribution in [0.25, 0.3) is 0 Å². The van der Waals surface area contributed by atoms with Crippen LogP contribution in [0.3, 0.4) is 0 Å². The zero-order valence-corrected chi connectivity index (χ0v) is 8.06. The molecule has 0 heterocycles. The molecule has 0 aromatic heterocycles. The van der Waals surface area contributed by atoms with Gasteiger partial charge in [0.1, 0.15) is 0 Å². The average Bonchev–Trinajstić information content (AvgIpc) is 1.82. The zero-order valence-electron chi connectivity index (χ0n) is 8.06. The first kappa shape index (κ1) is 10.4. The number of nitrogens with one attached hydrogen (secondary N) is 1. The van der Waals surface area contributed by atoms with Crippen molar-refractivity contribution in [2.75, 3.05) is 7.05 Å². The molecule has 11 heavy (non-hydrogen) atoms. The molecule has 3 N–H and O–H groups in total. The molecule has 0 saturated heterocycles. The maximum Gasteiger partial charge on any atom is 0.278 e. The molecule has 0 rings (SSSR count). The number of nitrogens with two attached hydrogens (primary N) is 1. The lowest BCUT2D eigenvalue weighted by Crippen LogP contribution is -2.88. The Bertz CT molecular complexity index is 138. The van der Waals surface area contributed by atoms with Crippen molar-refractivity contribution in [2.24, 2.45) is 0 Å². The van der Waals surface area contributed by atoms with E-state index in [0.717, 1.165) is 0 Å². The second-order valence-corrected chi connectivity index (χ2v) is 3.86. The molecule has 3 heteroatoms. The van der Waals surface area contributed by atoms with E-state index in [1.807, 2.05) is 40.1 Å². The van der Waals surface area contributed by atoms with Crippen molar-refractivity contribution in [1.29, 1.82) is 0 Å². The van der Waals surface area contributed by atoms with E-state index >= 15 is 0 Å². The normalized spacial score (nSPS) is 14.3. The van der Waals surface area contributed by atoms with Gasteiger partial charge < -0.3 is 10.6 Å². The van der Waals surface area contributed by atoms with Crippen LogP contribution in [0, 0.1) is 0 Å². The predicted molar refractivity (Wildman–Crippen MR) is 45.2 cm³/mol. The second-order valence-electron chi connectivity index (χ2n) is 3.86. The van der Waals surface area contributed by atoms with Crippen LogP contribution in [0.4, 0.5) is 0 Å². The van der Waals surface area contributed by atoms with Gasteiger partial charge in [0, 0.05) is 5.54 Å². The minimum absolute atomic E-state index is 0.00854. The van der Waals surface area contributed by atoms with Crippen molar-refractivity contribution < 1.29 is 10.1 Å². The summed E-state index contributed by atoms with van der Waals surface area (Å²) in [5.74, 6) is 0.0972.